The van der Waals surface area contributed by atoms with Crippen molar-refractivity contribution in [3.63, 3.8) is 0 Å². The number of aliphatic hydroxyl groups is 1. The van der Waals surface area contributed by atoms with Crippen LogP contribution in [0.3, 0.4) is 0 Å². The van der Waals surface area contributed by atoms with Gasteiger partial charge in [0, 0.05) is 31.0 Å². The van der Waals surface area contributed by atoms with E-state index in [0.29, 0.717) is 12.1 Å². The van der Waals surface area contributed by atoms with Crippen molar-refractivity contribution in [1.82, 2.24) is 14.8 Å². The maximum absolute atomic E-state index is 12.2. The van der Waals surface area contributed by atoms with Gasteiger partial charge in [-0.2, -0.15) is 0 Å². The van der Waals surface area contributed by atoms with E-state index >= 15 is 0 Å². The SMILES string of the molecule is CCn1c(C)cc(C(=O)NCC(C)(O)CN(C)C)c1C. The van der Waals surface area contributed by atoms with Crippen LogP contribution in [-0.4, -0.2) is 53.3 Å². The molecule has 0 spiro atoms. The molecule has 0 saturated carbocycles. The molecule has 0 radical (unpaired) electrons. The monoisotopic (exact) mass is 281 g/mol. The average molecular weight is 281 g/mol. The van der Waals surface area contributed by atoms with Gasteiger partial charge >= 0.3 is 0 Å². The average Bonchev–Trinajstić information content (AvgIpc) is 2.60. The van der Waals surface area contributed by atoms with E-state index in [9.17, 15) is 9.90 Å². The zero-order valence-corrected chi connectivity index (χ0v) is 13.4. The molecule has 1 atom stereocenters. The van der Waals surface area contributed by atoms with Crippen LogP contribution in [0.5, 0.6) is 0 Å². The van der Waals surface area contributed by atoms with Crippen LogP contribution in [0.4, 0.5) is 0 Å². The van der Waals surface area contributed by atoms with Crippen LogP contribution in [0.15, 0.2) is 6.07 Å². The number of nitrogens with one attached hydrogen (secondary N) is 1. The Kier molecular flexibility index (Phi) is 5.36. The Morgan fingerprint density at radius 2 is 2.05 bits per heavy atom. The standard InChI is InChI=1S/C15H27N3O2/c1-7-18-11(2)8-13(12(18)3)14(19)16-9-15(4,20)10-17(5)6/h8,20H,7,9-10H2,1-6H3,(H,16,19). The third kappa shape index (κ3) is 4.08. The minimum atomic E-state index is -0.935. The minimum absolute atomic E-state index is 0.128. The summed E-state index contributed by atoms with van der Waals surface area (Å²) in [6, 6.07) is 1.90. The van der Waals surface area contributed by atoms with E-state index in [2.05, 4.69) is 16.8 Å². The third-order valence-corrected chi connectivity index (χ3v) is 3.42. The van der Waals surface area contributed by atoms with Crippen molar-refractivity contribution >= 4 is 5.91 Å². The topological polar surface area (TPSA) is 57.5 Å². The van der Waals surface area contributed by atoms with E-state index in [1.54, 1.807) is 6.92 Å². The van der Waals surface area contributed by atoms with Crippen LogP contribution in [-0.2, 0) is 6.54 Å². The molecule has 0 fully saturated rings. The summed E-state index contributed by atoms with van der Waals surface area (Å²) in [5.41, 5.74) is 1.80. The number of amides is 1. The van der Waals surface area contributed by atoms with Crippen LogP contribution in [0.1, 0.15) is 35.6 Å². The first kappa shape index (κ1) is 16.7. The van der Waals surface area contributed by atoms with E-state index in [0.717, 1.165) is 17.9 Å². The van der Waals surface area contributed by atoms with Crippen molar-refractivity contribution in [3.8, 4) is 0 Å². The molecule has 5 heteroatoms. The van der Waals surface area contributed by atoms with Crippen LogP contribution in [0.25, 0.3) is 0 Å². The van der Waals surface area contributed by atoms with E-state index < -0.39 is 5.60 Å². The Morgan fingerprint density at radius 1 is 1.45 bits per heavy atom. The van der Waals surface area contributed by atoms with Crippen molar-refractivity contribution in [1.29, 1.82) is 0 Å². The van der Waals surface area contributed by atoms with Crippen LogP contribution >= 0.6 is 0 Å². The second-order valence-corrected chi connectivity index (χ2v) is 5.95. The van der Waals surface area contributed by atoms with Crippen LogP contribution < -0.4 is 5.32 Å². The maximum Gasteiger partial charge on any atom is 0.253 e. The molecule has 1 rings (SSSR count). The second-order valence-electron chi connectivity index (χ2n) is 5.95. The molecule has 5 nitrogen and oxygen atoms in total. The molecule has 0 saturated heterocycles. The van der Waals surface area contributed by atoms with Gasteiger partial charge in [-0.1, -0.05) is 0 Å². The third-order valence-electron chi connectivity index (χ3n) is 3.42. The molecule has 1 unspecified atom stereocenters. The number of carbonyl (C=O) groups excluding carboxylic acids is 1. The lowest BCUT2D eigenvalue weighted by Crippen LogP contribution is -2.47. The predicted molar refractivity (Wildman–Crippen MR) is 81.1 cm³/mol. The number of hydrogen-bond donors (Lipinski definition) is 2. The van der Waals surface area contributed by atoms with Gasteiger partial charge < -0.3 is 19.9 Å². The maximum atomic E-state index is 12.2. The van der Waals surface area contributed by atoms with E-state index in [1.165, 1.54) is 0 Å². The molecular formula is C15H27N3O2. The van der Waals surface area contributed by atoms with Gasteiger partial charge in [-0.3, -0.25) is 4.79 Å². The van der Waals surface area contributed by atoms with Crippen molar-refractivity contribution < 1.29 is 9.90 Å². The summed E-state index contributed by atoms with van der Waals surface area (Å²) < 4.78 is 2.10. The molecule has 0 aliphatic heterocycles. The minimum Gasteiger partial charge on any atom is -0.387 e. The quantitative estimate of drug-likeness (QED) is 0.823. The highest BCUT2D eigenvalue weighted by Gasteiger charge is 2.23. The lowest BCUT2D eigenvalue weighted by molar-refractivity contribution is 0.0326. The number of nitrogens with zero attached hydrogens (tertiary/aromatic N) is 2. The lowest BCUT2D eigenvalue weighted by atomic mass is 10.1. The van der Waals surface area contributed by atoms with E-state index in [4.69, 9.17) is 0 Å². The van der Waals surface area contributed by atoms with Gasteiger partial charge in [-0.05, 0) is 47.9 Å². The predicted octanol–water partition coefficient (Wildman–Crippen LogP) is 1.17. The van der Waals surface area contributed by atoms with Gasteiger partial charge in [0.05, 0.1) is 11.2 Å². The first-order valence-electron chi connectivity index (χ1n) is 7.00. The number of hydrogen-bond acceptors (Lipinski definition) is 3. The Balaban J connectivity index is 2.73. The number of aryl methyl sites for hydroxylation is 1. The number of likely N-dealkylation sites (N-methyl/N-ethyl adjacent to an activating group) is 1. The molecule has 0 aliphatic rings. The molecule has 1 aromatic rings. The van der Waals surface area contributed by atoms with Crippen LogP contribution in [0, 0.1) is 13.8 Å². The Hall–Kier alpha value is -1.33. The van der Waals surface area contributed by atoms with Crippen molar-refractivity contribution in [2.75, 3.05) is 27.2 Å². The number of aromatic nitrogens is 1. The largest absolute Gasteiger partial charge is 0.387 e. The fourth-order valence-corrected chi connectivity index (χ4v) is 2.62. The molecule has 0 aromatic carbocycles. The summed E-state index contributed by atoms with van der Waals surface area (Å²) in [7, 11) is 3.79. The molecule has 1 amide bonds. The van der Waals surface area contributed by atoms with Gasteiger partial charge in [0.15, 0.2) is 0 Å². The Labute approximate surface area is 121 Å². The van der Waals surface area contributed by atoms with Gasteiger partial charge in [-0.25, -0.2) is 0 Å². The molecule has 2 N–H and O–H groups in total. The molecule has 20 heavy (non-hydrogen) atoms. The summed E-state index contributed by atoms with van der Waals surface area (Å²) in [6.07, 6.45) is 0. The van der Waals surface area contributed by atoms with Gasteiger partial charge in [0.2, 0.25) is 0 Å². The van der Waals surface area contributed by atoms with Gasteiger partial charge in [-0.15, -0.1) is 0 Å². The summed E-state index contributed by atoms with van der Waals surface area (Å²) in [5, 5.41) is 13.0. The summed E-state index contributed by atoms with van der Waals surface area (Å²) in [4.78, 5) is 14.1. The molecule has 0 aliphatic carbocycles. The summed E-state index contributed by atoms with van der Waals surface area (Å²) >= 11 is 0. The molecule has 1 heterocycles. The Bertz CT molecular complexity index is 476. The first-order valence-corrected chi connectivity index (χ1v) is 7.00. The fourth-order valence-electron chi connectivity index (χ4n) is 2.62. The summed E-state index contributed by atoms with van der Waals surface area (Å²) in [5.74, 6) is -0.128. The van der Waals surface area contributed by atoms with Crippen molar-refractivity contribution in [3.05, 3.63) is 23.0 Å². The lowest BCUT2D eigenvalue weighted by Gasteiger charge is -2.27. The van der Waals surface area contributed by atoms with Crippen LogP contribution in [0.2, 0.25) is 0 Å². The second kappa shape index (κ2) is 6.41. The first-order chi connectivity index (χ1) is 9.18. The molecule has 114 valence electrons. The zero-order valence-electron chi connectivity index (χ0n) is 13.4. The highest BCUT2D eigenvalue weighted by atomic mass is 16.3. The van der Waals surface area contributed by atoms with Crippen molar-refractivity contribution in [2.45, 2.75) is 39.8 Å². The smallest absolute Gasteiger partial charge is 0.253 e. The molecule has 0 bridgehead atoms. The Morgan fingerprint density at radius 3 is 2.50 bits per heavy atom. The van der Waals surface area contributed by atoms with Crippen molar-refractivity contribution in [2.24, 2.45) is 0 Å². The van der Waals surface area contributed by atoms with E-state index in [-0.39, 0.29) is 12.5 Å². The fraction of sp³-hybridized carbons (Fsp3) is 0.667. The number of rotatable bonds is 6. The molecular weight excluding hydrogens is 254 g/mol. The number of carbonyl (C=O) groups is 1. The van der Waals surface area contributed by atoms with Gasteiger partial charge in [0.1, 0.15) is 0 Å². The zero-order chi connectivity index (χ0) is 15.5. The summed E-state index contributed by atoms with van der Waals surface area (Å²) in [6.45, 7) is 9.31. The normalized spacial score (nSPS) is 14.4. The molecule has 1 aromatic heterocycles. The van der Waals surface area contributed by atoms with E-state index in [1.807, 2.05) is 38.9 Å². The highest BCUT2D eigenvalue weighted by Crippen LogP contribution is 2.15. The highest BCUT2D eigenvalue weighted by molar-refractivity contribution is 5.95. The van der Waals surface area contributed by atoms with Gasteiger partial charge in [0.25, 0.3) is 5.91 Å².